The highest BCUT2D eigenvalue weighted by Gasteiger charge is 2.41. The van der Waals surface area contributed by atoms with Crippen molar-refractivity contribution in [3.63, 3.8) is 0 Å². The number of benzene rings is 1. The van der Waals surface area contributed by atoms with Crippen molar-refractivity contribution in [2.45, 2.75) is 83.6 Å². The van der Waals surface area contributed by atoms with E-state index in [-0.39, 0.29) is 23.2 Å². The molecule has 11 heteroatoms. The summed E-state index contributed by atoms with van der Waals surface area (Å²) in [7, 11) is 2.01. The minimum atomic E-state index is -4.53. The number of nitrogens with one attached hydrogen (secondary N) is 2. The molecular weight excluding hydrogens is 531 g/mol. The van der Waals surface area contributed by atoms with Gasteiger partial charge in [-0.25, -0.2) is 4.98 Å². The summed E-state index contributed by atoms with van der Waals surface area (Å²) in [6.07, 6.45) is 2.94. The number of carbonyl (C=O) groups is 1. The van der Waals surface area contributed by atoms with Gasteiger partial charge in [-0.1, -0.05) is 13.0 Å². The zero-order valence-corrected chi connectivity index (χ0v) is 24.1. The fourth-order valence-electron chi connectivity index (χ4n) is 5.84. The largest absolute Gasteiger partial charge is 0.416 e. The van der Waals surface area contributed by atoms with Crippen LogP contribution < -0.4 is 15.5 Å². The van der Waals surface area contributed by atoms with E-state index in [2.05, 4.69) is 39.7 Å². The fourth-order valence-corrected chi connectivity index (χ4v) is 5.84. The molecule has 0 bridgehead atoms. The molecule has 3 heterocycles. The van der Waals surface area contributed by atoms with Crippen molar-refractivity contribution in [1.29, 1.82) is 0 Å². The normalized spacial score (nSPS) is 21.0. The standard InChI is InChI=1S/C22H25F3N4O.C8H13N3/c1-3-26-18-6-4-7-19(28-18)29-13-16-15(20(29)30)10-14(11-17(16)22(23,24)25)12-27-21(2)8-5-9-21;1-6-3-7(4-6)8-10-9-5-11(8)2/h4,6-7,10-11,27H,3,5,8-9,12-13H2,1-2H3,(H,26,28);5-7H,3-4H2,1-2H3. The lowest BCUT2D eigenvalue weighted by Gasteiger charge is -2.39. The predicted molar refractivity (Wildman–Crippen MR) is 152 cm³/mol. The smallest absolute Gasteiger partial charge is 0.370 e. The number of rotatable bonds is 7. The van der Waals surface area contributed by atoms with E-state index < -0.39 is 17.6 Å². The van der Waals surface area contributed by atoms with Gasteiger partial charge in [-0.2, -0.15) is 13.2 Å². The zero-order chi connectivity index (χ0) is 29.4. The van der Waals surface area contributed by atoms with Crippen LogP contribution in [-0.4, -0.2) is 37.7 Å². The van der Waals surface area contributed by atoms with Crippen molar-refractivity contribution in [3.8, 4) is 0 Å². The van der Waals surface area contributed by atoms with Crippen LogP contribution in [0.3, 0.4) is 0 Å². The number of pyridine rings is 1. The highest BCUT2D eigenvalue weighted by molar-refractivity contribution is 6.10. The van der Waals surface area contributed by atoms with Crippen LogP contribution >= 0.6 is 0 Å². The van der Waals surface area contributed by atoms with Gasteiger partial charge in [0.05, 0.1) is 12.1 Å². The average molecular weight is 570 g/mol. The molecule has 2 saturated carbocycles. The highest BCUT2D eigenvalue weighted by Crippen LogP contribution is 2.41. The second-order valence-electron chi connectivity index (χ2n) is 11.8. The Kier molecular flexibility index (Phi) is 8.09. The highest BCUT2D eigenvalue weighted by atomic mass is 19.4. The Hall–Kier alpha value is -3.47. The maximum absolute atomic E-state index is 13.8. The molecule has 41 heavy (non-hydrogen) atoms. The molecule has 0 saturated heterocycles. The molecule has 0 spiro atoms. The van der Waals surface area contributed by atoms with Crippen molar-refractivity contribution in [2.75, 3.05) is 16.8 Å². The van der Waals surface area contributed by atoms with Gasteiger partial charge in [-0.05, 0) is 87.3 Å². The third-order valence-electron chi connectivity index (χ3n) is 8.44. The van der Waals surface area contributed by atoms with E-state index in [4.69, 9.17) is 0 Å². The Balaban J connectivity index is 0.000000255. The molecule has 0 unspecified atom stereocenters. The first-order valence-corrected chi connectivity index (χ1v) is 14.3. The van der Waals surface area contributed by atoms with Crippen molar-refractivity contribution < 1.29 is 18.0 Å². The van der Waals surface area contributed by atoms with Crippen LogP contribution in [0.4, 0.5) is 24.8 Å². The van der Waals surface area contributed by atoms with Gasteiger partial charge in [0, 0.05) is 37.2 Å². The average Bonchev–Trinajstić information content (AvgIpc) is 3.47. The summed E-state index contributed by atoms with van der Waals surface area (Å²) in [5.41, 5.74) is -0.185. The number of carbonyl (C=O) groups excluding carboxylic acids is 1. The molecule has 0 atom stereocenters. The van der Waals surface area contributed by atoms with Gasteiger partial charge in [-0.15, -0.1) is 10.2 Å². The number of fused-ring (bicyclic) bond motifs is 1. The monoisotopic (exact) mass is 569 g/mol. The number of nitrogens with zero attached hydrogens (tertiary/aromatic N) is 5. The molecule has 3 aliphatic rings. The number of alkyl halides is 3. The van der Waals surface area contributed by atoms with Crippen LogP contribution in [0.25, 0.3) is 0 Å². The number of hydrogen-bond acceptors (Lipinski definition) is 6. The SMILES string of the molecule is CC1CC(c2nncn2C)C1.CCNc1cccc(N2Cc3c(cc(CNC4(C)CCC4)cc3C(F)(F)F)C2=O)n1. The van der Waals surface area contributed by atoms with Gasteiger partial charge in [-0.3, -0.25) is 9.69 Å². The lowest BCUT2D eigenvalue weighted by molar-refractivity contribution is -0.138. The lowest BCUT2D eigenvalue weighted by atomic mass is 9.76. The number of anilines is 2. The summed E-state index contributed by atoms with van der Waals surface area (Å²) in [5, 5.41) is 14.4. The van der Waals surface area contributed by atoms with Crippen molar-refractivity contribution >= 4 is 17.5 Å². The molecule has 2 N–H and O–H groups in total. The topological polar surface area (TPSA) is 88.0 Å². The van der Waals surface area contributed by atoms with E-state index >= 15 is 0 Å². The van der Waals surface area contributed by atoms with E-state index in [9.17, 15) is 18.0 Å². The molecule has 220 valence electrons. The molecule has 0 radical (unpaired) electrons. The summed E-state index contributed by atoms with van der Waals surface area (Å²) in [5.74, 6) is 3.18. The van der Waals surface area contributed by atoms with Crippen LogP contribution in [0.2, 0.25) is 0 Å². The Morgan fingerprint density at radius 1 is 1.17 bits per heavy atom. The van der Waals surface area contributed by atoms with E-state index in [1.54, 1.807) is 30.6 Å². The van der Waals surface area contributed by atoms with Crippen LogP contribution in [0.15, 0.2) is 36.7 Å². The van der Waals surface area contributed by atoms with Crippen molar-refractivity contribution in [3.05, 3.63) is 64.7 Å². The third-order valence-corrected chi connectivity index (χ3v) is 8.44. The number of amides is 1. The van der Waals surface area contributed by atoms with E-state index in [1.165, 1.54) is 23.8 Å². The van der Waals surface area contributed by atoms with Crippen molar-refractivity contribution in [1.82, 2.24) is 25.1 Å². The second-order valence-corrected chi connectivity index (χ2v) is 11.8. The maximum Gasteiger partial charge on any atom is 0.416 e. The lowest BCUT2D eigenvalue weighted by Crippen LogP contribution is -2.47. The predicted octanol–water partition coefficient (Wildman–Crippen LogP) is 6.05. The summed E-state index contributed by atoms with van der Waals surface area (Å²) in [6, 6.07) is 7.89. The molecule has 2 aliphatic carbocycles. The van der Waals surface area contributed by atoms with Gasteiger partial charge in [0.15, 0.2) is 0 Å². The summed E-state index contributed by atoms with van der Waals surface area (Å²) >= 11 is 0. The third kappa shape index (κ3) is 6.24. The van der Waals surface area contributed by atoms with Gasteiger partial charge in [0.25, 0.3) is 5.91 Å². The Morgan fingerprint density at radius 2 is 1.93 bits per heavy atom. The van der Waals surface area contributed by atoms with Gasteiger partial charge in [0.2, 0.25) is 0 Å². The van der Waals surface area contributed by atoms with Gasteiger partial charge in [0.1, 0.15) is 23.8 Å². The molecular formula is C30H38F3N7O. The Bertz CT molecular complexity index is 1390. The van der Waals surface area contributed by atoms with E-state index in [1.807, 2.05) is 18.5 Å². The molecule has 1 aromatic carbocycles. The number of aryl methyl sites for hydroxylation is 1. The molecule has 8 nitrogen and oxygen atoms in total. The molecule has 1 aliphatic heterocycles. The fraction of sp³-hybridized carbons (Fsp3) is 0.533. The first kappa shape index (κ1) is 29.0. The summed E-state index contributed by atoms with van der Waals surface area (Å²) in [4.78, 5) is 18.7. The minimum Gasteiger partial charge on any atom is -0.370 e. The quantitative estimate of drug-likeness (QED) is 0.360. The molecule has 3 aromatic rings. The van der Waals surface area contributed by atoms with Gasteiger partial charge >= 0.3 is 6.18 Å². The number of aromatic nitrogens is 4. The summed E-state index contributed by atoms with van der Waals surface area (Å²) in [6.45, 7) is 7.08. The molecule has 6 rings (SSSR count). The molecule has 2 aromatic heterocycles. The molecule has 2 fully saturated rings. The zero-order valence-electron chi connectivity index (χ0n) is 24.1. The van der Waals surface area contributed by atoms with Crippen LogP contribution in [0.1, 0.15) is 91.7 Å². The molecule has 1 amide bonds. The number of hydrogen-bond donors (Lipinski definition) is 2. The maximum atomic E-state index is 13.8. The number of halogens is 3. The van der Waals surface area contributed by atoms with E-state index in [0.29, 0.717) is 36.2 Å². The first-order valence-electron chi connectivity index (χ1n) is 14.3. The minimum absolute atomic E-state index is 0.0155. The van der Waals surface area contributed by atoms with Crippen molar-refractivity contribution in [2.24, 2.45) is 13.0 Å². The first-order chi connectivity index (χ1) is 19.5. The second kappa shape index (κ2) is 11.4. The van der Waals surface area contributed by atoms with Crippen LogP contribution in [0, 0.1) is 5.92 Å². The van der Waals surface area contributed by atoms with Gasteiger partial charge < -0.3 is 15.2 Å². The Morgan fingerprint density at radius 3 is 2.51 bits per heavy atom. The summed E-state index contributed by atoms with van der Waals surface area (Å²) < 4.78 is 43.5. The van der Waals surface area contributed by atoms with E-state index in [0.717, 1.165) is 31.0 Å². The van der Waals surface area contributed by atoms with Crippen LogP contribution in [0.5, 0.6) is 0 Å². The van der Waals surface area contributed by atoms with Crippen LogP contribution in [-0.2, 0) is 26.3 Å². The Labute approximate surface area is 238 Å².